The Bertz CT molecular complexity index is 518. The van der Waals surface area contributed by atoms with Crippen molar-refractivity contribution in [2.75, 3.05) is 33.9 Å². The summed E-state index contributed by atoms with van der Waals surface area (Å²) in [5, 5.41) is 0.270. The molecule has 0 aliphatic carbocycles. The zero-order valence-corrected chi connectivity index (χ0v) is 12.8. The molecule has 0 aliphatic rings. The van der Waals surface area contributed by atoms with Crippen molar-refractivity contribution in [3.8, 4) is 5.75 Å². The topological polar surface area (TPSA) is 55.8 Å². The molecule has 19 heavy (non-hydrogen) atoms. The normalized spacial score (nSPS) is 11.8. The molecule has 0 unspecified atom stereocenters. The van der Waals surface area contributed by atoms with E-state index in [1.807, 2.05) is 0 Å². The zero-order valence-electron chi connectivity index (χ0n) is 11.2. The summed E-state index contributed by atoms with van der Waals surface area (Å²) in [4.78, 5) is 0.149. The molecule has 0 N–H and O–H groups in total. The highest BCUT2D eigenvalue weighted by Crippen LogP contribution is 2.28. The van der Waals surface area contributed by atoms with Crippen LogP contribution in [0.4, 0.5) is 0 Å². The fraction of sp³-hybridized carbons (Fsp3) is 0.500. The van der Waals surface area contributed by atoms with Crippen LogP contribution in [0, 0.1) is 0 Å². The molecule has 0 aromatic heterocycles. The Labute approximate surface area is 119 Å². The number of halogens is 1. The van der Waals surface area contributed by atoms with Crippen LogP contribution in [0.1, 0.15) is 6.92 Å². The molecule has 1 aromatic rings. The summed E-state index contributed by atoms with van der Waals surface area (Å²) in [6.07, 6.45) is 0. The summed E-state index contributed by atoms with van der Waals surface area (Å²) >= 11 is 5.96. The molecule has 0 spiro atoms. The monoisotopic (exact) mass is 307 g/mol. The van der Waals surface area contributed by atoms with E-state index >= 15 is 0 Å². The highest BCUT2D eigenvalue weighted by atomic mass is 35.5. The van der Waals surface area contributed by atoms with Crippen LogP contribution >= 0.6 is 11.6 Å². The van der Waals surface area contributed by atoms with Gasteiger partial charge in [0, 0.05) is 20.2 Å². The van der Waals surface area contributed by atoms with Crippen molar-refractivity contribution >= 4 is 21.6 Å². The Hall–Kier alpha value is -0.820. The zero-order chi connectivity index (χ0) is 14.5. The van der Waals surface area contributed by atoms with Gasteiger partial charge in [0.1, 0.15) is 5.75 Å². The third-order valence-electron chi connectivity index (χ3n) is 2.66. The molecule has 0 atom stereocenters. The first-order chi connectivity index (χ1) is 8.97. The molecular formula is C12H18ClNO4S. The first-order valence-corrected chi connectivity index (χ1v) is 7.61. The van der Waals surface area contributed by atoms with Gasteiger partial charge in [-0.05, 0) is 18.2 Å². The van der Waals surface area contributed by atoms with Crippen molar-refractivity contribution in [1.82, 2.24) is 4.31 Å². The Morgan fingerprint density at radius 2 is 2.00 bits per heavy atom. The summed E-state index contributed by atoms with van der Waals surface area (Å²) in [5.41, 5.74) is 0. The Morgan fingerprint density at radius 3 is 2.47 bits per heavy atom. The molecule has 108 valence electrons. The number of hydrogen-bond acceptors (Lipinski definition) is 4. The predicted octanol–water partition coefficient (Wildman–Crippen LogP) is 2.01. The minimum Gasteiger partial charge on any atom is -0.495 e. The largest absolute Gasteiger partial charge is 0.495 e. The van der Waals surface area contributed by atoms with E-state index in [1.165, 1.54) is 30.7 Å². The van der Waals surface area contributed by atoms with Crippen LogP contribution in [0.3, 0.4) is 0 Å². The van der Waals surface area contributed by atoms with E-state index in [4.69, 9.17) is 21.1 Å². The molecule has 0 heterocycles. The van der Waals surface area contributed by atoms with Crippen molar-refractivity contribution in [2.24, 2.45) is 0 Å². The lowest BCUT2D eigenvalue weighted by Gasteiger charge is -2.20. The second-order valence-electron chi connectivity index (χ2n) is 3.79. The predicted molar refractivity (Wildman–Crippen MR) is 74.3 cm³/mol. The van der Waals surface area contributed by atoms with Gasteiger partial charge in [-0.2, -0.15) is 4.31 Å². The number of hydrogen-bond donors (Lipinski definition) is 0. The molecule has 0 radical (unpaired) electrons. The maximum Gasteiger partial charge on any atom is 0.243 e. The van der Waals surface area contributed by atoms with Gasteiger partial charge >= 0.3 is 0 Å². The summed E-state index contributed by atoms with van der Waals surface area (Å²) in [7, 11) is -0.547. The lowest BCUT2D eigenvalue weighted by molar-refractivity contribution is 0.180. The molecule has 7 heteroatoms. The van der Waals surface area contributed by atoms with E-state index < -0.39 is 10.0 Å². The van der Waals surface area contributed by atoms with Crippen LogP contribution < -0.4 is 4.74 Å². The smallest absolute Gasteiger partial charge is 0.243 e. The van der Waals surface area contributed by atoms with Crippen molar-refractivity contribution in [3.05, 3.63) is 23.2 Å². The molecule has 0 bridgehead atoms. The van der Waals surface area contributed by atoms with Crippen LogP contribution in [-0.2, 0) is 14.8 Å². The minimum atomic E-state index is -3.56. The Kier molecular flexibility index (Phi) is 6.06. The highest BCUT2D eigenvalue weighted by molar-refractivity contribution is 7.89. The first-order valence-electron chi connectivity index (χ1n) is 5.80. The minimum absolute atomic E-state index is 0.149. The van der Waals surface area contributed by atoms with Gasteiger partial charge in [-0.1, -0.05) is 18.5 Å². The molecule has 0 aliphatic heterocycles. The van der Waals surface area contributed by atoms with Gasteiger partial charge in [0.15, 0.2) is 0 Å². The van der Waals surface area contributed by atoms with Crippen molar-refractivity contribution in [3.63, 3.8) is 0 Å². The van der Waals surface area contributed by atoms with Crippen molar-refractivity contribution in [1.29, 1.82) is 0 Å². The molecule has 1 rings (SSSR count). The number of nitrogens with zero attached hydrogens (tertiary/aromatic N) is 1. The lowest BCUT2D eigenvalue weighted by Crippen LogP contribution is -2.33. The van der Waals surface area contributed by atoms with Gasteiger partial charge in [-0.25, -0.2) is 8.42 Å². The second kappa shape index (κ2) is 7.09. The molecular weight excluding hydrogens is 290 g/mol. The number of benzene rings is 1. The van der Waals surface area contributed by atoms with Gasteiger partial charge in [0.25, 0.3) is 0 Å². The van der Waals surface area contributed by atoms with Gasteiger partial charge in [0.2, 0.25) is 10.0 Å². The van der Waals surface area contributed by atoms with E-state index in [0.717, 1.165) is 0 Å². The summed E-state index contributed by atoms with van der Waals surface area (Å²) < 4.78 is 36.0. The highest BCUT2D eigenvalue weighted by Gasteiger charge is 2.23. The Morgan fingerprint density at radius 1 is 1.32 bits per heavy atom. The quantitative estimate of drug-likeness (QED) is 0.773. The first kappa shape index (κ1) is 16.2. The average Bonchev–Trinajstić information content (AvgIpc) is 2.39. The molecule has 0 fully saturated rings. The molecule has 0 amide bonds. The maximum absolute atomic E-state index is 12.4. The van der Waals surface area contributed by atoms with Gasteiger partial charge in [0.05, 0.1) is 23.6 Å². The van der Waals surface area contributed by atoms with E-state index in [0.29, 0.717) is 25.4 Å². The number of likely N-dealkylation sites (N-methyl/N-ethyl adjacent to an activating group) is 1. The van der Waals surface area contributed by atoms with Crippen molar-refractivity contribution in [2.45, 2.75) is 11.8 Å². The third-order valence-corrected chi connectivity index (χ3v) is 4.92. The average molecular weight is 308 g/mol. The van der Waals surface area contributed by atoms with Crippen LogP contribution in [0.25, 0.3) is 0 Å². The van der Waals surface area contributed by atoms with Crippen LogP contribution in [-0.4, -0.2) is 46.6 Å². The van der Waals surface area contributed by atoms with Crippen LogP contribution in [0.5, 0.6) is 5.75 Å². The summed E-state index contributed by atoms with van der Waals surface area (Å²) in [5.74, 6) is 0.445. The third kappa shape index (κ3) is 3.82. The number of sulfonamides is 1. The number of ether oxygens (including phenoxy) is 2. The second-order valence-corrected chi connectivity index (χ2v) is 6.13. The lowest BCUT2D eigenvalue weighted by atomic mass is 10.3. The Balaban J connectivity index is 3.07. The number of rotatable bonds is 7. The van der Waals surface area contributed by atoms with Gasteiger partial charge in [-0.3, -0.25) is 0 Å². The van der Waals surface area contributed by atoms with Crippen LogP contribution in [0.2, 0.25) is 5.02 Å². The fourth-order valence-electron chi connectivity index (χ4n) is 1.60. The SMILES string of the molecule is CCN(CCOC)S(=O)(=O)c1ccc(OC)c(Cl)c1. The summed E-state index contributed by atoms with van der Waals surface area (Å²) in [6.45, 7) is 2.80. The van der Waals surface area contributed by atoms with E-state index in [9.17, 15) is 8.42 Å². The van der Waals surface area contributed by atoms with E-state index in [2.05, 4.69) is 0 Å². The molecule has 0 saturated heterocycles. The van der Waals surface area contributed by atoms with Gasteiger partial charge < -0.3 is 9.47 Å². The van der Waals surface area contributed by atoms with Crippen LogP contribution in [0.15, 0.2) is 23.1 Å². The fourth-order valence-corrected chi connectivity index (χ4v) is 3.38. The molecule has 0 saturated carbocycles. The summed E-state index contributed by atoms with van der Waals surface area (Å²) in [6, 6.07) is 4.42. The van der Waals surface area contributed by atoms with E-state index in [-0.39, 0.29) is 9.92 Å². The molecule has 5 nitrogen and oxygen atoms in total. The standard InChI is InChI=1S/C12H18ClNO4S/c1-4-14(7-8-17-2)19(15,16)10-5-6-12(18-3)11(13)9-10/h5-6,9H,4,7-8H2,1-3H3. The van der Waals surface area contributed by atoms with Gasteiger partial charge in [-0.15, -0.1) is 0 Å². The molecule has 1 aromatic carbocycles. The van der Waals surface area contributed by atoms with Crippen molar-refractivity contribution < 1.29 is 17.9 Å². The van der Waals surface area contributed by atoms with E-state index in [1.54, 1.807) is 13.0 Å². The number of methoxy groups -OCH3 is 2. The maximum atomic E-state index is 12.4.